The molecule has 0 unspecified atom stereocenters. The number of carbonyl (C=O) groups is 2. The van der Waals surface area contributed by atoms with Gasteiger partial charge in [0.15, 0.2) is 0 Å². The molecule has 0 radical (unpaired) electrons. The summed E-state index contributed by atoms with van der Waals surface area (Å²) in [6.07, 6.45) is 3.86. The Morgan fingerprint density at radius 2 is 1.50 bits per heavy atom. The molecule has 0 aliphatic carbocycles. The minimum atomic E-state index is -0.592. The maximum atomic E-state index is 12.0. The van der Waals surface area contributed by atoms with Gasteiger partial charge in [-0.3, -0.25) is 10.1 Å². The van der Waals surface area contributed by atoms with Crippen molar-refractivity contribution >= 4 is 23.3 Å². The molecule has 3 aromatic rings. The van der Waals surface area contributed by atoms with Gasteiger partial charge < -0.3 is 15.6 Å². The Balaban J connectivity index is 1.60. The van der Waals surface area contributed by atoms with Gasteiger partial charge in [-0.2, -0.15) is 0 Å². The average Bonchev–Trinajstić information content (AvgIpc) is 3.10. The van der Waals surface area contributed by atoms with Crippen LogP contribution in [0.25, 0.3) is 5.69 Å². The first-order valence-electron chi connectivity index (χ1n) is 7.33. The second kappa shape index (κ2) is 6.70. The molecule has 1 aromatic heterocycles. The molecule has 1 heterocycles. The molecule has 3 amide bonds. The lowest BCUT2D eigenvalue weighted by Crippen LogP contribution is -2.34. The van der Waals surface area contributed by atoms with Crippen LogP contribution in [0.5, 0.6) is 0 Å². The predicted octanol–water partition coefficient (Wildman–Crippen LogP) is 3.02. The van der Waals surface area contributed by atoms with Crippen LogP contribution in [0.2, 0.25) is 0 Å². The molecule has 120 valence electrons. The molecule has 4 N–H and O–H groups in total. The Bertz CT molecular complexity index is 838. The van der Waals surface area contributed by atoms with E-state index in [-0.39, 0.29) is 0 Å². The smallest absolute Gasteiger partial charge is 0.326 e. The van der Waals surface area contributed by atoms with Gasteiger partial charge in [0.2, 0.25) is 0 Å². The molecule has 0 atom stereocenters. The van der Waals surface area contributed by atoms with Crippen LogP contribution in [-0.4, -0.2) is 16.5 Å². The molecule has 0 fully saturated rings. The third kappa shape index (κ3) is 3.61. The quantitative estimate of drug-likeness (QED) is 0.648. The lowest BCUT2D eigenvalue weighted by atomic mass is 10.2. The molecule has 0 spiro atoms. The van der Waals surface area contributed by atoms with Gasteiger partial charge in [-0.15, -0.1) is 0 Å². The van der Waals surface area contributed by atoms with Crippen molar-refractivity contribution in [2.24, 2.45) is 0 Å². The summed E-state index contributed by atoms with van der Waals surface area (Å²) >= 11 is 0. The molecule has 24 heavy (non-hydrogen) atoms. The summed E-state index contributed by atoms with van der Waals surface area (Å²) in [6, 6.07) is 16.9. The summed E-state index contributed by atoms with van der Waals surface area (Å²) < 4.78 is 1.95. The minimum Gasteiger partial charge on any atom is -0.399 e. The number of hydrogen-bond donors (Lipinski definition) is 3. The Morgan fingerprint density at radius 3 is 2.12 bits per heavy atom. The van der Waals surface area contributed by atoms with Crippen molar-refractivity contribution in [2.75, 3.05) is 11.1 Å². The third-order valence-electron chi connectivity index (χ3n) is 3.43. The lowest BCUT2D eigenvalue weighted by Gasteiger charge is -2.08. The van der Waals surface area contributed by atoms with Crippen LogP contribution in [0.3, 0.4) is 0 Å². The Morgan fingerprint density at radius 1 is 0.875 bits per heavy atom. The first-order valence-corrected chi connectivity index (χ1v) is 7.33. The number of urea groups is 1. The van der Waals surface area contributed by atoms with Gasteiger partial charge in [0, 0.05) is 35.0 Å². The summed E-state index contributed by atoms with van der Waals surface area (Å²) in [5.41, 5.74) is 8.05. The molecule has 0 saturated heterocycles. The Hall–Kier alpha value is -3.54. The summed E-state index contributed by atoms with van der Waals surface area (Å²) in [5.74, 6) is -0.489. The summed E-state index contributed by atoms with van der Waals surface area (Å²) in [7, 11) is 0. The highest BCUT2D eigenvalue weighted by Crippen LogP contribution is 2.13. The van der Waals surface area contributed by atoms with E-state index in [9.17, 15) is 9.59 Å². The van der Waals surface area contributed by atoms with Gasteiger partial charge in [0.1, 0.15) is 0 Å². The zero-order chi connectivity index (χ0) is 16.9. The van der Waals surface area contributed by atoms with Crippen molar-refractivity contribution in [3.05, 3.63) is 78.6 Å². The maximum absolute atomic E-state index is 12.0. The van der Waals surface area contributed by atoms with Gasteiger partial charge in [0.25, 0.3) is 5.91 Å². The van der Waals surface area contributed by atoms with Crippen LogP contribution in [0.4, 0.5) is 16.2 Å². The van der Waals surface area contributed by atoms with E-state index < -0.39 is 11.9 Å². The summed E-state index contributed by atoms with van der Waals surface area (Å²) in [6.45, 7) is 0. The summed E-state index contributed by atoms with van der Waals surface area (Å²) in [4.78, 5) is 23.9. The van der Waals surface area contributed by atoms with Crippen LogP contribution in [0.15, 0.2) is 73.1 Å². The van der Waals surface area contributed by atoms with Gasteiger partial charge in [-0.05, 0) is 60.7 Å². The van der Waals surface area contributed by atoms with E-state index >= 15 is 0 Å². The molecule has 0 bridgehead atoms. The number of nitrogens with zero attached hydrogens (tertiary/aromatic N) is 1. The number of nitrogen functional groups attached to an aromatic ring is 1. The van der Waals surface area contributed by atoms with E-state index in [1.165, 1.54) is 0 Å². The second-order valence-electron chi connectivity index (χ2n) is 5.17. The van der Waals surface area contributed by atoms with Crippen molar-refractivity contribution in [1.82, 2.24) is 9.88 Å². The lowest BCUT2D eigenvalue weighted by molar-refractivity contribution is 0.0967. The highest BCUT2D eigenvalue weighted by molar-refractivity contribution is 6.08. The Labute approximate surface area is 138 Å². The van der Waals surface area contributed by atoms with Gasteiger partial charge in [0.05, 0.1) is 0 Å². The highest BCUT2D eigenvalue weighted by Gasteiger charge is 2.10. The fourth-order valence-corrected chi connectivity index (χ4v) is 2.20. The standard InChI is InChI=1S/C18H16N4O2/c19-14-5-3-13(4-6-14)17(23)21-18(24)20-15-7-9-16(10-8-15)22-11-1-2-12-22/h1-12H,19H2,(H2,20,21,23,24). The van der Waals surface area contributed by atoms with E-state index in [4.69, 9.17) is 5.73 Å². The molecule has 0 aliphatic heterocycles. The number of nitrogens with one attached hydrogen (secondary N) is 2. The first-order chi connectivity index (χ1) is 11.6. The molecular weight excluding hydrogens is 304 g/mol. The predicted molar refractivity (Wildman–Crippen MR) is 93.1 cm³/mol. The van der Waals surface area contributed by atoms with Crippen LogP contribution in [-0.2, 0) is 0 Å². The van der Waals surface area contributed by atoms with Gasteiger partial charge >= 0.3 is 6.03 Å². The zero-order valence-corrected chi connectivity index (χ0v) is 12.8. The Kier molecular flexibility index (Phi) is 4.29. The zero-order valence-electron chi connectivity index (χ0n) is 12.8. The van der Waals surface area contributed by atoms with Crippen molar-refractivity contribution in [3.63, 3.8) is 0 Å². The number of amides is 3. The number of rotatable bonds is 3. The van der Waals surface area contributed by atoms with E-state index in [0.29, 0.717) is 16.9 Å². The van der Waals surface area contributed by atoms with E-state index in [1.807, 2.05) is 41.2 Å². The number of aromatic nitrogens is 1. The molecule has 2 aromatic carbocycles. The third-order valence-corrected chi connectivity index (χ3v) is 3.43. The number of benzene rings is 2. The largest absolute Gasteiger partial charge is 0.399 e. The fraction of sp³-hybridized carbons (Fsp3) is 0. The van der Waals surface area contributed by atoms with Crippen molar-refractivity contribution in [2.45, 2.75) is 0 Å². The van der Waals surface area contributed by atoms with Crippen LogP contribution >= 0.6 is 0 Å². The summed E-state index contributed by atoms with van der Waals surface area (Å²) in [5, 5.41) is 4.89. The van der Waals surface area contributed by atoms with E-state index in [2.05, 4.69) is 10.6 Å². The molecule has 6 heteroatoms. The monoisotopic (exact) mass is 320 g/mol. The highest BCUT2D eigenvalue weighted by atomic mass is 16.2. The normalized spacial score (nSPS) is 10.2. The molecular formula is C18H16N4O2. The molecule has 0 saturated carbocycles. The van der Waals surface area contributed by atoms with Crippen LogP contribution in [0.1, 0.15) is 10.4 Å². The molecule has 3 rings (SSSR count). The van der Waals surface area contributed by atoms with E-state index in [0.717, 1.165) is 5.69 Å². The topological polar surface area (TPSA) is 89.2 Å². The number of hydrogen-bond acceptors (Lipinski definition) is 3. The fourth-order valence-electron chi connectivity index (χ4n) is 2.20. The molecule has 0 aliphatic rings. The van der Waals surface area contributed by atoms with E-state index in [1.54, 1.807) is 36.4 Å². The van der Waals surface area contributed by atoms with Crippen LogP contribution < -0.4 is 16.4 Å². The minimum absolute atomic E-state index is 0.363. The number of nitrogens with two attached hydrogens (primary N) is 1. The van der Waals surface area contributed by atoms with Crippen molar-refractivity contribution < 1.29 is 9.59 Å². The van der Waals surface area contributed by atoms with Gasteiger partial charge in [-0.25, -0.2) is 4.79 Å². The van der Waals surface area contributed by atoms with Crippen molar-refractivity contribution in [1.29, 1.82) is 0 Å². The second-order valence-corrected chi connectivity index (χ2v) is 5.17. The molecule has 6 nitrogen and oxygen atoms in total. The van der Waals surface area contributed by atoms with Gasteiger partial charge in [-0.1, -0.05) is 0 Å². The maximum Gasteiger partial charge on any atom is 0.326 e. The average molecular weight is 320 g/mol. The number of imide groups is 1. The number of carbonyl (C=O) groups excluding carboxylic acids is 2. The van der Waals surface area contributed by atoms with Crippen molar-refractivity contribution in [3.8, 4) is 5.69 Å². The SMILES string of the molecule is Nc1ccc(C(=O)NC(=O)Nc2ccc(-n3cccc3)cc2)cc1. The first kappa shape index (κ1) is 15.4. The number of anilines is 2. The van der Waals surface area contributed by atoms with Crippen LogP contribution in [0, 0.1) is 0 Å².